The van der Waals surface area contributed by atoms with Gasteiger partial charge in [-0.3, -0.25) is 4.79 Å². The molecule has 1 heterocycles. The molecule has 128 valence electrons. The molecule has 0 radical (unpaired) electrons. The van der Waals surface area contributed by atoms with Gasteiger partial charge in [0, 0.05) is 7.11 Å². The van der Waals surface area contributed by atoms with Gasteiger partial charge in [0.15, 0.2) is 11.9 Å². The minimum Gasteiger partial charge on any atom is -0.367 e. The first kappa shape index (κ1) is 16.7. The molecule has 1 aromatic heterocycles. The van der Waals surface area contributed by atoms with Crippen molar-refractivity contribution in [2.45, 2.75) is 13.0 Å². The average Bonchev–Trinajstić information content (AvgIpc) is 3.04. The summed E-state index contributed by atoms with van der Waals surface area (Å²) in [5, 5.41) is 13.7. The molecule has 0 spiro atoms. The fourth-order valence-electron chi connectivity index (χ4n) is 2.43. The highest BCUT2D eigenvalue weighted by Crippen LogP contribution is 2.23. The molecule has 3 aromatic rings. The summed E-state index contributed by atoms with van der Waals surface area (Å²) < 4.78 is 20.8. The second kappa shape index (κ2) is 7.18. The SMILES string of the molecule is CO[C@@H](C(=O)Nc1cc(-n2nnnc2C)ccc1F)c1ccccc1. The molecule has 0 bridgehead atoms. The van der Waals surface area contributed by atoms with Crippen LogP contribution in [-0.4, -0.2) is 33.2 Å². The predicted molar refractivity (Wildman–Crippen MR) is 88.7 cm³/mol. The number of aryl methyl sites for hydroxylation is 1. The van der Waals surface area contributed by atoms with Gasteiger partial charge in [0.25, 0.3) is 5.91 Å². The molecule has 0 unspecified atom stereocenters. The zero-order chi connectivity index (χ0) is 17.8. The Morgan fingerprint density at radius 1 is 1.24 bits per heavy atom. The highest BCUT2D eigenvalue weighted by atomic mass is 19.1. The number of carbonyl (C=O) groups is 1. The number of tetrazole rings is 1. The summed E-state index contributed by atoms with van der Waals surface area (Å²) in [6, 6.07) is 13.2. The molecule has 1 N–H and O–H groups in total. The molecule has 0 aliphatic carbocycles. The first-order chi connectivity index (χ1) is 12.1. The zero-order valence-electron chi connectivity index (χ0n) is 13.7. The van der Waals surface area contributed by atoms with Crippen LogP contribution in [0.4, 0.5) is 10.1 Å². The first-order valence-electron chi connectivity index (χ1n) is 7.53. The predicted octanol–water partition coefficient (Wildman–Crippen LogP) is 2.44. The molecule has 1 atom stereocenters. The molecule has 0 saturated carbocycles. The number of hydrogen-bond acceptors (Lipinski definition) is 5. The van der Waals surface area contributed by atoms with Gasteiger partial charge in [-0.15, -0.1) is 5.10 Å². The van der Waals surface area contributed by atoms with Crippen LogP contribution in [-0.2, 0) is 9.53 Å². The van der Waals surface area contributed by atoms with Crippen molar-refractivity contribution in [3.05, 3.63) is 65.7 Å². The maximum atomic E-state index is 14.1. The van der Waals surface area contributed by atoms with Crippen LogP contribution < -0.4 is 5.32 Å². The van der Waals surface area contributed by atoms with Gasteiger partial charge in [-0.05, 0) is 41.1 Å². The standard InChI is InChI=1S/C17H16FN5O2/c1-11-20-21-22-23(11)13-8-9-14(18)15(10-13)19-17(24)16(25-2)12-6-4-3-5-7-12/h3-10,16H,1-2H3,(H,19,24)/t16-/m1/s1. The summed E-state index contributed by atoms with van der Waals surface area (Å²) in [7, 11) is 1.43. The smallest absolute Gasteiger partial charge is 0.258 e. The highest BCUT2D eigenvalue weighted by Gasteiger charge is 2.21. The van der Waals surface area contributed by atoms with Crippen LogP contribution in [0.5, 0.6) is 0 Å². The van der Waals surface area contributed by atoms with Crippen LogP contribution in [0, 0.1) is 12.7 Å². The number of rotatable bonds is 5. The van der Waals surface area contributed by atoms with Crippen molar-refractivity contribution >= 4 is 11.6 Å². The van der Waals surface area contributed by atoms with Crippen molar-refractivity contribution in [3.8, 4) is 5.69 Å². The fourth-order valence-corrected chi connectivity index (χ4v) is 2.43. The molecule has 0 fully saturated rings. The molecule has 3 rings (SSSR count). The summed E-state index contributed by atoms with van der Waals surface area (Å²) >= 11 is 0. The number of aromatic nitrogens is 4. The first-order valence-corrected chi connectivity index (χ1v) is 7.53. The summed E-state index contributed by atoms with van der Waals surface area (Å²) in [5.74, 6) is -0.494. The Labute approximate surface area is 143 Å². The largest absolute Gasteiger partial charge is 0.367 e. The summed E-state index contributed by atoms with van der Waals surface area (Å²) in [5.41, 5.74) is 1.23. The van der Waals surface area contributed by atoms with E-state index in [9.17, 15) is 9.18 Å². The number of halogens is 1. The monoisotopic (exact) mass is 341 g/mol. The van der Waals surface area contributed by atoms with E-state index in [1.54, 1.807) is 31.2 Å². The van der Waals surface area contributed by atoms with Gasteiger partial charge in [0.2, 0.25) is 0 Å². The second-order valence-electron chi connectivity index (χ2n) is 5.32. The fraction of sp³-hybridized carbons (Fsp3) is 0.176. The molecule has 0 saturated heterocycles. The lowest BCUT2D eigenvalue weighted by molar-refractivity contribution is -0.126. The van der Waals surface area contributed by atoms with Crippen molar-refractivity contribution in [1.29, 1.82) is 0 Å². The minimum atomic E-state index is -0.848. The van der Waals surface area contributed by atoms with Crippen LogP contribution in [0.15, 0.2) is 48.5 Å². The molecule has 0 aliphatic heterocycles. The van der Waals surface area contributed by atoms with Crippen molar-refractivity contribution in [3.63, 3.8) is 0 Å². The van der Waals surface area contributed by atoms with E-state index in [4.69, 9.17) is 4.74 Å². The van der Waals surface area contributed by atoms with Crippen LogP contribution >= 0.6 is 0 Å². The van der Waals surface area contributed by atoms with Gasteiger partial charge >= 0.3 is 0 Å². The normalized spacial score (nSPS) is 12.0. The zero-order valence-corrected chi connectivity index (χ0v) is 13.7. The number of ether oxygens (including phenoxy) is 1. The van der Waals surface area contributed by atoms with E-state index in [1.165, 1.54) is 30.0 Å². The Balaban J connectivity index is 1.87. The van der Waals surface area contributed by atoms with Gasteiger partial charge in [0.05, 0.1) is 11.4 Å². The number of anilines is 1. The lowest BCUT2D eigenvalue weighted by Crippen LogP contribution is -2.23. The minimum absolute atomic E-state index is 0.0235. The van der Waals surface area contributed by atoms with Crippen LogP contribution in [0.3, 0.4) is 0 Å². The lowest BCUT2D eigenvalue weighted by atomic mass is 10.1. The van der Waals surface area contributed by atoms with Gasteiger partial charge in [-0.1, -0.05) is 30.3 Å². The summed E-state index contributed by atoms with van der Waals surface area (Å²) in [6.07, 6.45) is -0.848. The van der Waals surface area contributed by atoms with E-state index < -0.39 is 17.8 Å². The van der Waals surface area contributed by atoms with E-state index in [1.807, 2.05) is 6.07 Å². The number of benzene rings is 2. The number of nitrogens with zero attached hydrogens (tertiary/aromatic N) is 4. The number of hydrogen-bond donors (Lipinski definition) is 1. The topological polar surface area (TPSA) is 81.9 Å². The van der Waals surface area contributed by atoms with Crippen molar-refractivity contribution < 1.29 is 13.9 Å². The Kier molecular flexibility index (Phi) is 4.80. The van der Waals surface area contributed by atoms with Gasteiger partial charge in [-0.25, -0.2) is 4.39 Å². The third kappa shape index (κ3) is 3.53. The number of methoxy groups -OCH3 is 1. The Hall–Kier alpha value is -3.13. The van der Waals surface area contributed by atoms with Crippen LogP contribution in [0.25, 0.3) is 5.69 Å². The third-order valence-corrected chi connectivity index (χ3v) is 3.65. The van der Waals surface area contributed by atoms with Crippen molar-refractivity contribution in [2.24, 2.45) is 0 Å². The molecule has 7 nitrogen and oxygen atoms in total. The van der Waals surface area contributed by atoms with Gasteiger partial charge < -0.3 is 10.1 Å². The number of amides is 1. The number of carbonyl (C=O) groups excluding carboxylic acids is 1. The summed E-state index contributed by atoms with van der Waals surface area (Å²) in [6.45, 7) is 1.72. The molecule has 2 aromatic carbocycles. The van der Waals surface area contributed by atoms with E-state index in [0.29, 0.717) is 17.1 Å². The van der Waals surface area contributed by atoms with E-state index in [0.717, 1.165) is 0 Å². The van der Waals surface area contributed by atoms with E-state index >= 15 is 0 Å². The molecule has 8 heteroatoms. The summed E-state index contributed by atoms with van der Waals surface area (Å²) in [4.78, 5) is 12.5. The quantitative estimate of drug-likeness (QED) is 0.771. The van der Waals surface area contributed by atoms with E-state index in [-0.39, 0.29) is 5.69 Å². The molecule has 1 amide bonds. The van der Waals surface area contributed by atoms with Crippen molar-refractivity contribution in [2.75, 3.05) is 12.4 Å². The molecule has 0 aliphatic rings. The van der Waals surface area contributed by atoms with Crippen molar-refractivity contribution in [1.82, 2.24) is 20.2 Å². The van der Waals surface area contributed by atoms with Gasteiger partial charge in [-0.2, -0.15) is 4.68 Å². The van der Waals surface area contributed by atoms with E-state index in [2.05, 4.69) is 20.8 Å². The lowest BCUT2D eigenvalue weighted by Gasteiger charge is -2.16. The third-order valence-electron chi connectivity index (χ3n) is 3.65. The van der Waals surface area contributed by atoms with Crippen LogP contribution in [0.1, 0.15) is 17.5 Å². The molecular formula is C17H16FN5O2. The molecule has 25 heavy (non-hydrogen) atoms. The second-order valence-corrected chi connectivity index (χ2v) is 5.32. The van der Waals surface area contributed by atoms with Crippen LogP contribution in [0.2, 0.25) is 0 Å². The highest BCUT2D eigenvalue weighted by molar-refractivity contribution is 5.95. The van der Waals surface area contributed by atoms with Gasteiger partial charge in [0.1, 0.15) is 5.82 Å². The molecular weight excluding hydrogens is 325 g/mol. The Morgan fingerprint density at radius 2 is 2.00 bits per heavy atom. The Bertz CT molecular complexity index is 882. The maximum Gasteiger partial charge on any atom is 0.258 e. The average molecular weight is 341 g/mol. The Morgan fingerprint density at radius 3 is 2.64 bits per heavy atom. The number of nitrogens with one attached hydrogen (secondary N) is 1. The maximum absolute atomic E-state index is 14.1.